The zero-order valence-corrected chi connectivity index (χ0v) is 12.1. The molecule has 0 saturated heterocycles. The van der Waals surface area contributed by atoms with Crippen molar-refractivity contribution in [3.8, 4) is 0 Å². The summed E-state index contributed by atoms with van der Waals surface area (Å²) in [5, 5.41) is 5.35. The number of hydrogen-bond donors (Lipinski definition) is 2. The van der Waals surface area contributed by atoms with Crippen molar-refractivity contribution in [1.82, 2.24) is 15.5 Å². The van der Waals surface area contributed by atoms with E-state index < -0.39 is 5.97 Å². The lowest BCUT2D eigenvalue weighted by Gasteiger charge is -2.36. The molecule has 0 aromatic carbocycles. The van der Waals surface area contributed by atoms with Gasteiger partial charge in [0.05, 0.1) is 6.61 Å². The summed E-state index contributed by atoms with van der Waals surface area (Å²) in [6.45, 7) is 2.58. The molecule has 0 unspecified atom stereocenters. The van der Waals surface area contributed by atoms with E-state index in [1.165, 1.54) is 12.8 Å². The molecule has 0 spiro atoms. The zero-order valence-electron chi connectivity index (χ0n) is 12.1. The lowest BCUT2D eigenvalue weighted by molar-refractivity contribution is -0.141. The van der Waals surface area contributed by atoms with Crippen LogP contribution in [0, 0.1) is 0 Å². The molecule has 110 valence electrons. The summed E-state index contributed by atoms with van der Waals surface area (Å²) >= 11 is 0. The van der Waals surface area contributed by atoms with Crippen LogP contribution in [0.3, 0.4) is 0 Å². The molecule has 1 aliphatic carbocycles. The number of rotatable bonds is 6. The number of hydrogen-bond acceptors (Lipinski definition) is 4. The topological polar surface area (TPSA) is 70.7 Å². The van der Waals surface area contributed by atoms with Gasteiger partial charge in [0.1, 0.15) is 6.54 Å². The summed E-state index contributed by atoms with van der Waals surface area (Å²) in [6, 6.07) is -0.318. The molecule has 0 aliphatic heterocycles. The van der Waals surface area contributed by atoms with Crippen molar-refractivity contribution in [2.75, 3.05) is 33.8 Å². The summed E-state index contributed by atoms with van der Waals surface area (Å²) in [6.07, 6.45) is 4.59. The number of likely N-dealkylation sites (N-methyl/N-ethyl adjacent to an activating group) is 1. The van der Waals surface area contributed by atoms with Gasteiger partial charge in [-0.3, -0.25) is 4.79 Å². The lowest BCUT2D eigenvalue weighted by Crippen LogP contribution is -2.52. The molecule has 1 fully saturated rings. The highest BCUT2D eigenvalue weighted by Crippen LogP contribution is 2.32. The summed E-state index contributed by atoms with van der Waals surface area (Å²) in [5.41, 5.74) is 0.0568. The molecule has 0 aromatic heterocycles. The average Bonchev–Trinajstić information content (AvgIpc) is 2.84. The normalized spacial score (nSPS) is 17.3. The standard InChI is InChI=1S/C13H25N3O3/c1-4-19-11(17)9-14-12(18)15-10-13(16(2)3)7-5-6-8-13/h4-10H2,1-3H3,(H2,14,15,18). The van der Waals surface area contributed by atoms with Crippen molar-refractivity contribution in [3.63, 3.8) is 0 Å². The highest BCUT2D eigenvalue weighted by Gasteiger charge is 2.36. The van der Waals surface area contributed by atoms with Crippen LogP contribution in [0.1, 0.15) is 32.6 Å². The smallest absolute Gasteiger partial charge is 0.325 e. The Morgan fingerprint density at radius 1 is 1.21 bits per heavy atom. The third-order valence-electron chi connectivity index (χ3n) is 3.76. The summed E-state index contributed by atoms with van der Waals surface area (Å²) < 4.78 is 4.74. The number of carbonyl (C=O) groups is 2. The van der Waals surface area contributed by atoms with Crippen molar-refractivity contribution in [3.05, 3.63) is 0 Å². The van der Waals surface area contributed by atoms with E-state index >= 15 is 0 Å². The maximum Gasteiger partial charge on any atom is 0.325 e. The van der Waals surface area contributed by atoms with Crippen LogP contribution in [0.5, 0.6) is 0 Å². The number of esters is 1. The molecule has 2 N–H and O–H groups in total. The molecular formula is C13H25N3O3. The van der Waals surface area contributed by atoms with E-state index in [2.05, 4.69) is 15.5 Å². The predicted molar refractivity (Wildman–Crippen MR) is 72.9 cm³/mol. The van der Waals surface area contributed by atoms with Gasteiger partial charge >= 0.3 is 12.0 Å². The van der Waals surface area contributed by atoms with Crippen molar-refractivity contribution in [2.45, 2.75) is 38.1 Å². The van der Waals surface area contributed by atoms with Gasteiger partial charge in [-0.1, -0.05) is 12.8 Å². The fourth-order valence-corrected chi connectivity index (χ4v) is 2.49. The Labute approximate surface area is 114 Å². The molecule has 0 atom stereocenters. The van der Waals surface area contributed by atoms with Gasteiger partial charge in [0.25, 0.3) is 0 Å². The Morgan fingerprint density at radius 3 is 2.37 bits per heavy atom. The fraction of sp³-hybridized carbons (Fsp3) is 0.846. The molecular weight excluding hydrogens is 246 g/mol. The first-order valence-electron chi connectivity index (χ1n) is 6.85. The fourth-order valence-electron chi connectivity index (χ4n) is 2.49. The van der Waals surface area contributed by atoms with Gasteiger partial charge in [-0.2, -0.15) is 0 Å². The van der Waals surface area contributed by atoms with E-state index in [1.54, 1.807) is 6.92 Å². The summed E-state index contributed by atoms with van der Waals surface area (Å²) in [4.78, 5) is 24.9. The number of ether oxygens (including phenoxy) is 1. The Hall–Kier alpha value is -1.30. The lowest BCUT2D eigenvalue weighted by atomic mass is 9.96. The van der Waals surface area contributed by atoms with Crippen LogP contribution in [-0.4, -0.2) is 56.2 Å². The predicted octanol–water partition coefficient (Wildman–Crippen LogP) is 0.723. The molecule has 0 heterocycles. The van der Waals surface area contributed by atoms with Crippen LogP contribution in [0.2, 0.25) is 0 Å². The van der Waals surface area contributed by atoms with Crippen molar-refractivity contribution in [1.29, 1.82) is 0 Å². The number of amides is 2. The van der Waals surface area contributed by atoms with E-state index in [0.29, 0.717) is 13.2 Å². The van der Waals surface area contributed by atoms with Gasteiger partial charge in [0.2, 0.25) is 0 Å². The Balaban J connectivity index is 2.31. The molecule has 2 amide bonds. The zero-order chi connectivity index (χ0) is 14.3. The highest BCUT2D eigenvalue weighted by molar-refractivity contribution is 5.80. The number of nitrogens with zero attached hydrogens (tertiary/aromatic N) is 1. The second-order valence-corrected chi connectivity index (χ2v) is 5.17. The van der Waals surface area contributed by atoms with Crippen LogP contribution in [0.25, 0.3) is 0 Å². The second kappa shape index (κ2) is 7.33. The molecule has 0 aromatic rings. The minimum Gasteiger partial charge on any atom is -0.465 e. The monoisotopic (exact) mass is 271 g/mol. The molecule has 19 heavy (non-hydrogen) atoms. The first kappa shape index (κ1) is 15.8. The Kier molecular flexibility index (Phi) is 6.08. The van der Waals surface area contributed by atoms with Crippen molar-refractivity contribution < 1.29 is 14.3 Å². The van der Waals surface area contributed by atoms with Crippen LogP contribution in [0.4, 0.5) is 4.79 Å². The first-order valence-corrected chi connectivity index (χ1v) is 6.85. The van der Waals surface area contributed by atoms with Crippen LogP contribution < -0.4 is 10.6 Å². The maximum atomic E-state index is 11.6. The van der Waals surface area contributed by atoms with Gasteiger partial charge < -0.3 is 20.3 Å². The van der Waals surface area contributed by atoms with Crippen LogP contribution >= 0.6 is 0 Å². The SMILES string of the molecule is CCOC(=O)CNC(=O)NCC1(N(C)C)CCCC1. The molecule has 0 radical (unpaired) electrons. The quantitative estimate of drug-likeness (QED) is 0.698. The van der Waals surface area contributed by atoms with E-state index in [9.17, 15) is 9.59 Å². The highest BCUT2D eigenvalue weighted by atomic mass is 16.5. The molecule has 0 bridgehead atoms. The third-order valence-corrected chi connectivity index (χ3v) is 3.76. The van der Waals surface area contributed by atoms with Gasteiger partial charge in [-0.25, -0.2) is 4.79 Å². The van der Waals surface area contributed by atoms with Gasteiger partial charge in [0, 0.05) is 12.1 Å². The largest absolute Gasteiger partial charge is 0.465 e. The van der Waals surface area contributed by atoms with Crippen molar-refractivity contribution >= 4 is 12.0 Å². The van der Waals surface area contributed by atoms with Gasteiger partial charge in [0.15, 0.2) is 0 Å². The summed E-state index contributed by atoms with van der Waals surface area (Å²) in [5.74, 6) is -0.416. The van der Waals surface area contributed by atoms with E-state index in [-0.39, 0.29) is 18.1 Å². The van der Waals surface area contributed by atoms with Crippen molar-refractivity contribution in [2.24, 2.45) is 0 Å². The molecule has 1 saturated carbocycles. The van der Waals surface area contributed by atoms with E-state index in [4.69, 9.17) is 4.74 Å². The number of nitrogens with one attached hydrogen (secondary N) is 2. The van der Waals surface area contributed by atoms with E-state index in [1.807, 2.05) is 14.1 Å². The Bertz CT molecular complexity index is 312. The van der Waals surface area contributed by atoms with Crippen LogP contribution in [-0.2, 0) is 9.53 Å². The second-order valence-electron chi connectivity index (χ2n) is 5.17. The maximum absolute atomic E-state index is 11.6. The average molecular weight is 271 g/mol. The molecule has 6 nitrogen and oxygen atoms in total. The minimum atomic E-state index is -0.416. The van der Waals surface area contributed by atoms with Gasteiger partial charge in [-0.15, -0.1) is 0 Å². The number of carbonyl (C=O) groups excluding carboxylic acids is 2. The minimum absolute atomic E-state index is 0.0568. The third kappa shape index (κ3) is 4.70. The first-order chi connectivity index (χ1) is 9.00. The van der Waals surface area contributed by atoms with Crippen LogP contribution in [0.15, 0.2) is 0 Å². The Morgan fingerprint density at radius 2 is 1.84 bits per heavy atom. The van der Waals surface area contributed by atoms with E-state index in [0.717, 1.165) is 12.8 Å². The summed E-state index contributed by atoms with van der Waals surface area (Å²) in [7, 11) is 4.09. The number of urea groups is 1. The molecule has 6 heteroatoms. The molecule has 1 rings (SSSR count). The van der Waals surface area contributed by atoms with Gasteiger partial charge in [-0.05, 0) is 33.9 Å². The molecule has 1 aliphatic rings.